The van der Waals surface area contributed by atoms with Gasteiger partial charge in [-0.25, -0.2) is 13.4 Å². The summed E-state index contributed by atoms with van der Waals surface area (Å²) in [6, 6.07) is 10.2. The standard InChI is InChI=1S/C17H15N3O5S2/c1-11-18-15(10-26-11)12-3-5-13(6-4-12)19-27(23,24)17-8-7-14(25-2)9-16(17)20(21)22/h3-10,19H,1-2H3. The Morgan fingerprint density at radius 2 is 1.89 bits per heavy atom. The molecule has 0 aliphatic heterocycles. The number of nitro groups is 1. The molecule has 0 saturated carbocycles. The smallest absolute Gasteiger partial charge is 0.293 e. The van der Waals surface area contributed by atoms with E-state index in [2.05, 4.69) is 9.71 Å². The zero-order valence-electron chi connectivity index (χ0n) is 14.4. The lowest BCUT2D eigenvalue weighted by Crippen LogP contribution is -2.14. The lowest BCUT2D eigenvalue weighted by molar-refractivity contribution is -0.387. The summed E-state index contributed by atoms with van der Waals surface area (Å²) in [4.78, 5) is 14.4. The zero-order valence-corrected chi connectivity index (χ0v) is 16.0. The summed E-state index contributed by atoms with van der Waals surface area (Å²) in [6.07, 6.45) is 0. The van der Waals surface area contributed by atoms with E-state index < -0.39 is 25.5 Å². The number of nitrogens with one attached hydrogen (secondary N) is 1. The van der Waals surface area contributed by atoms with Crippen molar-refractivity contribution in [3.63, 3.8) is 0 Å². The Bertz CT molecular complexity index is 1090. The van der Waals surface area contributed by atoms with Crippen LogP contribution < -0.4 is 9.46 Å². The van der Waals surface area contributed by atoms with Crippen molar-refractivity contribution < 1.29 is 18.1 Å². The summed E-state index contributed by atoms with van der Waals surface area (Å²) in [5, 5.41) is 14.1. The van der Waals surface area contributed by atoms with Gasteiger partial charge in [-0.15, -0.1) is 11.3 Å². The molecule has 10 heteroatoms. The summed E-state index contributed by atoms with van der Waals surface area (Å²) in [7, 11) is -2.80. The first-order valence-corrected chi connectivity index (χ1v) is 10.0. The fraction of sp³-hybridized carbons (Fsp3) is 0.118. The monoisotopic (exact) mass is 405 g/mol. The first-order chi connectivity index (χ1) is 12.8. The highest BCUT2D eigenvalue weighted by Crippen LogP contribution is 2.30. The SMILES string of the molecule is COc1ccc(S(=O)(=O)Nc2ccc(-c3csc(C)n3)cc2)c([N+](=O)[O-])c1. The number of benzene rings is 2. The van der Waals surface area contributed by atoms with Crippen LogP contribution in [0.1, 0.15) is 5.01 Å². The molecule has 1 aromatic heterocycles. The van der Waals surface area contributed by atoms with Gasteiger partial charge in [-0.1, -0.05) is 12.1 Å². The van der Waals surface area contributed by atoms with Crippen molar-refractivity contribution >= 4 is 32.7 Å². The maximum atomic E-state index is 12.6. The van der Waals surface area contributed by atoms with E-state index in [9.17, 15) is 18.5 Å². The molecule has 0 spiro atoms. The van der Waals surface area contributed by atoms with Crippen LogP contribution in [0.3, 0.4) is 0 Å². The van der Waals surface area contributed by atoms with E-state index in [0.717, 1.165) is 28.4 Å². The molecular formula is C17H15N3O5S2. The Hall–Kier alpha value is -2.98. The van der Waals surface area contributed by atoms with Crippen molar-refractivity contribution in [2.75, 3.05) is 11.8 Å². The highest BCUT2D eigenvalue weighted by atomic mass is 32.2. The minimum Gasteiger partial charge on any atom is -0.497 e. The number of anilines is 1. The normalized spacial score (nSPS) is 11.2. The number of methoxy groups -OCH3 is 1. The Morgan fingerprint density at radius 1 is 1.19 bits per heavy atom. The first kappa shape index (κ1) is 18.8. The Balaban J connectivity index is 1.90. The lowest BCUT2D eigenvalue weighted by atomic mass is 10.1. The zero-order chi connectivity index (χ0) is 19.6. The average molecular weight is 405 g/mol. The van der Waals surface area contributed by atoms with Gasteiger partial charge in [-0.3, -0.25) is 14.8 Å². The molecular weight excluding hydrogens is 390 g/mol. The van der Waals surface area contributed by atoms with Crippen LogP contribution in [-0.4, -0.2) is 25.4 Å². The molecule has 0 amide bonds. The molecule has 3 aromatic rings. The van der Waals surface area contributed by atoms with E-state index in [-0.39, 0.29) is 11.4 Å². The topological polar surface area (TPSA) is 111 Å². The third-order valence-electron chi connectivity index (χ3n) is 3.70. The number of nitrogens with zero attached hydrogens (tertiary/aromatic N) is 2. The highest BCUT2D eigenvalue weighted by Gasteiger charge is 2.26. The first-order valence-electron chi connectivity index (χ1n) is 7.68. The van der Waals surface area contributed by atoms with E-state index in [4.69, 9.17) is 4.74 Å². The van der Waals surface area contributed by atoms with Crippen molar-refractivity contribution in [3.05, 3.63) is 63.0 Å². The van der Waals surface area contributed by atoms with Crippen LogP contribution in [-0.2, 0) is 10.0 Å². The van der Waals surface area contributed by atoms with Crippen molar-refractivity contribution in [3.8, 4) is 17.0 Å². The van der Waals surface area contributed by atoms with Crippen LogP contribution in [0, 0.1) is 17.0 Å². The third-order valence-corrected chi connectivity index (χ3v) is 5.91. The molecule has 1 heterocycles. The Morgan fingerprint density at radius 3 is 2.44 bits per heavy atom. The van der Waals surface area contributed by atoms with E-state index in [1.807, 2.05) is 12.3 Å². The molecule has 3 rings (SSSR count). The summed E-state index contributed by atoms with van der Waals surface area (Å²) in [5.41, 5.74) is 1.38. The second-order valence-electron chi connectivity index (χ2n) is 5.53. The summed E-state index contributed by atoms with van der Waals surface area (Å²) in [5.74, 6) is 0.198. The second kappa shape index (κ2) is 7.33. The number of aryl methyl sites for hydroxylation is 1. The molecule has 0 saturated heterocycles. The average Bonchev–Trinajstić information content (AvgIpc) is 3.07. The number of rotatable bonds is 6. The highest BCUT2D eigenvalue weighted by molar-refractivity contribution is 7.92. The molecule has 0 unspecified atom stereocenters. The summed E-state index contributed by atoms with van der Waals surface area (Å²) >= 11 is 1.52. The van der Waals surface area contributed by atoms with Crippen LogP contribution in [0.15, 0.2) is 52.7 Å². The van der Waals surface area contributed by atoms with Gasteiger partial charge >= 0.3 is 0 Å². The molecule has 0 radical (unpaired) electrons. The lowest BCUT2D eigenvalue weighted by Gasteiger charge is -2.10. The summed E-state index contributed by atoms with van der Waals surface area (Å²) < 4.78 is 32.5. The van der Waals surface area contributed by atoms with Crippen LogP contribution >= 0.6 is 11.3 Å². The second-order valence-corrected chi connectivity index (χ2v) is 8.24. The predicted molar refractivity (Wildman–Crippen MR) is 103 cm³/mol. The van der Waals surface area contributed by atoms with E-state index >= 15 is 0 Å². The van der Waals surface area contributed by atoms with Gasteiger partial charge in [0.15, 0.2) is 4.90 Å². The van der Waals surface area contributed by atoms with E-state index in [1.165, 1.54) is 24.5 Å². The minimum atomic E-state index is -4.15. The Kier molecular flexibility index (Phi) is 5.10. The Labute approximate surface area is 159 Å². The van der Waals surface area contributed by atoms with Gasteiger partial charge in [0.2, 0.25) is 0 Å². The maximum absolute atomic E-state index is 12.6. The van der Waals surface area contributed by atoms with Gasteiger partial charge in [-0.2, -0.15) is 0 Å². The van der Waals surface area contributed by atoms with E-state index in [1.54, 1.807) is 24.3 Å². The van der Waals surface area contributed by atoms with Crippen molar-refractivity contribution in [1.82, 2.24) is 4.98 Å². The molecule has 140 valence electrons. The largest absolute Gasteiger partial charge is 0.497 e. The van der Waals surface area contributed by atoms with Crippen molar-refractivity contribution in [2.24, 2.45) is 0 Å². The van der Waals surface area contributed by atoms with Crippen LogP contribution in [0.25, 0.3) is 11.3 Å². The number of sulfonamides is 1. The molecule has 0 atom stereocenters. The number of hydrogen-bond donors (Lipinski definition) is 1. The van der Waals surface area contributed by atoms with Gasteiger partial charge in [0, 0.05) is 16.6 Å². The minimum absolute atomic E-state index is 0.198. The van der Waals surface area contributed by atoms with Gasteiger partial charge in [0.05, 0.1) is 28.8 Å². The van der Waals surface area contributed by atoms with Crippen LogP contribution in [0.4, 0.5) is 11.4 Å². The molecule has 0 bridgehead atoms. The number of thiazole rings is 1. The summed E-state index contributed by atoms with van der Waals surface area (Å²) in [6.45, 7) is 1.90. The predicted octanol–water partition coefficient (Wildman–Crippen LogP) is 3.84. The van der Waals surface area contributed by atoms with Gasteiger partial charge < -0.3 is 4.74 Å². The van der Waals surface area contributed by atoms with Crippen molar-refractivity contribution in [1.29, 1.82) is 0 Å². The molecule has 0 fully saturated rings. The molecule has 2 aromatic carbocycles. The number of hydrogen-bond acceptors (Lipinski definition) is 7. The van der Waals surface area contributed by atoms with Crippen molar-refractivity contribution in [2.45, 2.75) is 11.8 Å². The molecule has 8 nitrogen and oxygen atoms in total. The fourth-order valence-corrected chi connectivity index (χ4v) is 4.24. The van der Waals surface area contributed by atoms with Gasteiger partial charge in [-0.05, 0) is 31.2 Å². The third kappa shape index (κ3) is 4.07. The molecule has 0 aliphatic rings. The number of ether oxygens (including phenoxy) is 1. The van der Waals surface area contributed by atoms with Crippen LogP contribution in [0.5, 0.6) is 5.75 Å². The molecule has 1 N–H and O–H groups in total. The number of aromatic nitrogens is 1. The van der Waals surface area contributed by atoms with Gasteiger partial charge in [0.25, 0.3) is 15.7 Å². The molecule has 0 aliphatic carbocycles. The fourth-order valence-electron chi connectivity index (χ4n) is 2.41. The maximum Gasteiger partial charge on any atom is 0.293 e. The van der Waals surface area contributed by atoms with Gasteiger partial charge in [0.1, 0.15) is 5.75 Å². The van der Waals surface area contributed by atoms with E-state index in [0.29, 0.717) is 0 Å². The quantitative estimate of drug-likeness (QED) is 0.493. The van der Waals surface area contributed by atoms with Crippen LogP contribution in [0.2, 0.25) is 0 Å². The number of nitro benzene ring substituents is 1. The molecule has 27 heavy (non-hydrogen) atoms.